The summed E-state index contributed by atoms with van der Waals surface area (Å²) in [4.78, 5) is 12.0. The van der Waals surface area contributed by atoms with E-state index in [-0.39, 0.29) is 18.6 Å². The average Bonchev–Trinajstić information content (AvgIpc) is 2.36. The van der Waals surface area contributed by atoms with Gasteiger partial charge < -0.3 is 15.7 Å². The maximum absolute atomic E-state index is 12.0. The van der Waals surface area contributed by atoms with Crippen molar-refractivity contribution in [3.05, 3.63) is 35.4 Å². The van der Waals surface area contributed by atoms with Gasteiger partial charge in [-0.05, 0) is 38.6 Å². The number of carbonyl (C=O) groups is 1. The Labute approximate surface area is 102 Å². The van der Waals surface area contributed by atoms with Gasteiger partial charge in [0.1, 0.15) is 0 Å². The van der Waals surface area contributed by atoms with Crippen LogP contribution in [0.15, 0.2) is 24.3 Å². The van der Waals surface area contributed by atoms with Gasteiger partial charge in [0.15, 0.2) is 0 Å². The molecule has 4 heteroatoms. The minimum Gasteiger partial charge on any atom is -0.394 e. The summed E-state index contributed by atoms with van der Waals surface area (Å²) in [5.74, 6) is -0.127. The van der Waals surface area contributed by atoms with E-state index in [4.69, 9.17) is 5.11 Å². The highest BCUT2D eigenvalue weighted by Crippen LogP contribution is 2.09. The standard InChI is InChI=1S/C13H20N2O2/c1-10(9-16)15-13(17)12-6-4-3-5-11(12)7-8-14-2/h3-6,10,14,16H,7-9H2,1-2H3,(H,15,17). The van der Waals surface area contributed by atoms with Crippen LogP contribution in [0.25, 0.3) is 0 Å². The Balaban J connectivity index is 2.77. The predicted octanol–water partition coefficient (Wildman–Crippen LogP) is 0.559. The third-order valence-corrected chi connectivity index (χ3v) is 2.56. The van der Waals surface area contributed by atoms with Gasteiger partial charge in [0.2, 0.25) is 0 Å². The Kier molecular flexibility index (Phi) is 5.66. The predicted molar refractivity (Wildman–Crippen MR) is 68.1 cm³/mol. The van der Waals surface area contributed by atoms with Crippen LogP contribution in [0, 0.1) is 0 Å². The van der Waals surface area contributed by atoms with Crippen LogP contribution in [0.3, 0.4) is 0 Å². The van der Waals surface area contributed by atoms with Gasteiger partial charge >= 0.3 is 0 Å². The minimum atomic E-state index is -0.222. The number of hydrogen-bond acceptors (Lipinski definition) is 3. The largest absolute Gasteiger partial charge is 0.394 e. The van der Waals surface area contributed by atoms with Crippen molar-refractivity contribution in [1.29, 1.82) is 0 Å². The minimum absolute atomic E-state index is 0.0512. The highest BCUT2D eigenvalue weighted by atomic mass is 16.3. The lowest BCUT2D eigenvalue weighted by molar-refractivity contribution is 0.0921. The van der Waals surface area contributed by atoms with Gasteiger partial charge in [-0.1, -0.05) is 18.2 Å². The quantitative estimate of drug-likeness (QED) is 0.676. The Morgan fingerprint density at radius 3 is 2.76 bits per heavy atom. The molecule has 1 atom stereocenters. The molecule has 17 heavy (non-hydrogen) atoms. The number of benzene rings is 1. The molecular weight excluding hydrogens is 216 g/mol. The van der Waals surface area contributed by atoms with E-state index in [0.717, 1.165) is 18.5 Å². The molecule has 0 saturated heterocycles. The monoisotopic (exact) mass is 236 g/mol. The molecule has 0 fully saturated rings. The molecule has 0 saturated carbocycles. The molecule has 1 aromatic carbocycles. The number of likely N-dealkylation sites (N-methyl/N-ethyl adjacent to an activating group) is 1. The first-order chi connectivity index (χ1) is 8.19. The zero-order chi connectivity index (χ0) is 12.7. The normalized spacial score (nSPS) is 12.2. The molecule has 1 unspecified atom stereocenters. The highest BCUT2D eigenvalue weighted by molar-refractivity contribution is 5.95. The fourth-order valence-corrected chi connectivity index (χ4v) is 1.57. The van der Waals surface area contributed by atoms with Crippen molar-refractivity contribution in [1.82, 2.24) is 10.6 Å². The van der Waals surface area contributed by atoms with E-state index in [1.54, 1.807) is 6.92 Å². The fourth-order valence-electron chi connectivity index (χ4n) is 1.57. The molecule has 0 bridgehead atoms. The second-order valence-corrected chi connectivity index (χ2v) is 4.07. The molecule has 1 rings (SSSR count). The second kappa shape index (κ2) is 7.04. The van der Waals surface area contributed by atoms with Gasteiger partial charge in [-0.25, -0.2) is 0 Å². The van der Waals surface area contributed by atoms with Crippen LogP contribution in [0.1, 0.15) is 22.8 Å². The van der Waals surface area contributed by atoms with Gasteiger partial charge in [-0.15, -0.1) is 0 Å². The Bertz CT molecular complexity index is 366. The van der Waals surface area contributed by atoms with Crippen molar-refractivity contribution in [3.8, 4) is 0 Å². The number of amides is 1. The first-order valence-electron chi connectivity index (χ1n) is 5.83. The van der Waals surface area contributed by atoms with Gasteiger partial charge in [0.25, 0.3) is 5.91 Å². The van der Waals surface area contributed by atoms with Crippen molar-refractivity contribution in [2.75, 3.05) is 20.2 Å². The van der Waals surface area contributed by atoms with Gasteiger partial charge in [-0.3, -0.25) is 4.79 Å². The third-order valence-electron chi connectivity index (χ3n) is 2.56. The maximum atomic E-state index is 12.0. The summed E-state index contributed by atoms with van der Waals surface area (Å²) in [6.45, 7) is 2.55. The maximum Gasteiger partial charge on any atom is 0.251 e. The van der Waals surface area contributed by atoms with Crippen LogP contribution in [0.4, 0.5) is 0 Å². The molecule has 3 N–H and O–H groups in total. The topological polar surface area (TPSA) is 61.4 Å². The molecule has 0 spiro atoms. The average molecular weight is 236 g/mol. The third kappa shape index (κ3) is 4.17. The lowest BCUT2D eigenvalue weighted by Crippen LogP contribution is -2.35. The molecule has 0 radical (unpaired) electrons. The molecule has 94 valence electrons. The SMILES string of the molecule is CNCCc1ccccc1C(=O)NC(C)CO. The van der Waals surface area contributed by atoms with E-state index in [1.165, 1.54) is 0 Å². The number of rotatable bonds is 6. The molecule has 4 nitrogen and oxygen atoms in total. The lowest BCUT2D eigenvalue weighted by atomic mass is 10.0. The van der Waals surface area contributed by atoms with Gasteiger partial charge in [0, 0.05) is 11.6 Å². The van der Waals surface area contributed by atoms with Crippen molar-refractivity contribution in [2.45, 2.75) is 19.4 Å². The summed E-state index contributed by atoms with van der Waals surface area (Å²) in [5, 5.41) is 14.7. The molecule has 1 amide bonds. The molecular formula is C13H20N2O2. The first kappa shape index (κ1) is 13.7. The summed E-state index contributed by atoms with van der Waals surface area (Å²) < 4.78 is 0. The molecule has 0 aliphatic heterocycles. The van der Waals surface area contributed by atoms with Gasteiger partial charge in [0.05, 0.1) is 6.61 Å². The summed E-state index contributed by atoms with van der Waals surface area (Å²) in [6.07, 6.45) is 0.813. The van der Waals surface area contributed by atoms with E-state index in [0.29, 0.717) is 5.56 Å². The molecule has 0 aliphatic carbocycles. The highest BCUT2D eigenvalue weighted by Gasteiger charge is 2.12. The van der Waals surface area contributed by atoms with Crippen molar-refractivity contribution in [3.63, 3.8) is 0 Å². The van der Waals surface area contributed by atoms with Crippen molar-refractivity contribution < 1.29 is 9.90 Å². The zero-order valence-corrected chi connectivity index (χ0v) is 10.4. The lowest BCUT2D eigenvalue weighted by Gasteiger charge is -2.13. The molecule has 0 heterocycles. The fraction of sp³-hybridized carbons (Fsp3) is 0.462. The van der Waals surface area contributed by atoms with Crippen LogP contribution in [0.2, 0.25) is 0 Å². The van der Waals surface area contributed by atoms with Crippen LogP contribution in [-0.4, -0.2) is 37.3 Å². The van der Waals surface area contributed by atoms with Crippen molar-refractivity contribution in [2.24, 2.45) is 0 Å². The number of aliphatic hydroxyl groups is 1. The number of hydrogen-bond donors (Lipinski definition) is 3. The Hall–Kier alpha value is -1.39. The van der Waals surface area contributed by atoms with E-state index in [1.807, 2.05) is 31.3 Å². The van der Waals surface area contributed by atoms with Crippen LogP contribution in [0.5, 0.6) is 0 Å². The Morgan fingerprint density at radius 1 is 1.41 bits per heavy atom. The molecule has 1 aromatic rings. The summed E-state index contributed by atoms with van der Waals surface area (Å²) >= 11 is 0. The van der Waals surface area contributed by atoms with E-state index >= 15 is 0 Å². The Morgan fingerprint density at radius 2 is 2.12 bits per heavy atom. The second-order valence-electron chi connectivity index (χ2n) is 4.07. The summed E-state index contributed by atoms with van der Waals surface area (Å²) in [7, 11) is 1.89. The van der Waals surface area contributed by atoms with Crippen molar-refractivity contribution >= 4 is 5.91 Å². The number of carbonyl (C=O) groups excluding carboxylic acids is 1. The van der Waals surface area contributed by atoms with Crippen LogP contribution < -0.4 is 10.6 Å². The van der Waals surface area contributed by atoms with E-state index in [9.17, 15) is 4.79 Å². The van der Waals surface area contributed by atoms with Crippen LogP contribution in [-0.2, 0) is 6.42 Å². The summed E-state index contributed by atoms with van der Waals surface area (Å²) in [5.41, 5.74) is 1.70. The van der Waals surface area contributed by atoms with Gasteiger partial charge in [-0.2, -0.15) is 0 Å². The number of nitrogens with one attached hydrogen (secondary N) is 2. The first-order valence-corrected chi connectivity index (χ1v) is 5.83. The van der Waals surface area contributed by atoms with E-state index in [2.05, 4.69) is 10.6 Å². The molecule has 0 aromatic heterocycles. The summed E-state index contributed by atoms with van der Waals surface area (Å²) in [6, 6.07) is 7.32. The van der Waals surface area contributed by atoms with Crippen LogP contribution >= 0.6 is 0 Å². The smallest absolute Gasteiger partial charge is 0.251 e. The van der Waals surface area contributed by atoms with E-state index < -0.39 is 0 Å². The zero-order valence-electron chi connectivity index (χ0n) is 10.4. The number of aliphatic hydroxyl groups excluding tert-OH is 1. The molecule has 0 aliphatic rings.